The normalized spacial score (nSPS) is 10.6. The molecular weight excluding hydrogens is 230 g/mol. The van der Waals surface area contributed by atoms with Crippen molar-refractivity contribution < 1.29 is 4.79 Å². The zero-order chi connectivity index (χ0) is 9.42. The number of carbonyl (C=O) groups excluding carboxylic acids is 1. The summed E-state index contributed by atoms with van der Waals surface area (Å²) < 4.78 is 1.03. The lowest BCUT2D eigenvalue weighted by atomic mass is 10.1. The number of aryl methyl sites for hydroxylation is 1. The number of hydrogen-bond donors (Lipinski definition) is 1. The molecule has 0 saturated heterocycles. The first-order valence-electron chi connectivity index (χ1n) is 3.95. The lowest BCUT2D eigenvalue weighted by molar-refractivity contribution is 0.111. The minimum Gasteiger partial charge on any atom is -0.352 e. The lowest BCUT2D eigenvalue weighted by Crippen LogP contribution is -1.80. The first kappa shape index (κ1) is 8.51. The standard InChI is InChI=1S/C10H8BrNO/c1-6-8-4-7(11)2-3-9(8)12-10(6)5-13/h2-5,12H,1H3. The van der Waals surface area contributed by atoms with Gasteiger partial charge in [-0.1, -0.05) is 15.9 Å². The van der Waals surface area contributed by atoms with Crippen molar-refractivity contribution in [2.75, 3.05) is 0 Å². The first-order chi connectivity index (χ1) is 6.22. The molecule has 0 amide bonds. The number of aldehydes is 1. The molecule has 0 fully saturated rings. The van der Waals surface area contributed by atoms with Gasteiger partial charge in [-0.05, 0) is 30.7 Å². The minimum atomic E-state index is 0.660. The zero-order valence-electron chi connectivity index (χ0n) is 7.10. The number of carbonyl (C=O) groups is 1. The number of hydrogen-bond acceptors (Lipinski definition) is 1. The number of benzene rings is 1. The van der Waals surface area contributed by atoms with Crippen LogP contribution < -0.4 is 0 Å². The van der Waals surface area contributed by atoms with E-state index in [0.29, 0.717) is 5.69 Å². The molecule has 0 aliphatic rings. The minimum absolute atomic E-state index is 0.660. The van der Waals surface area contributed by atoms with E-state index < -0.39 is 0 Å². The van der Waals surface area contributed by atoms with Gasteiger partial charge in [0.25, 0.3) is 0 Å². The molecule has 2 aromatic rings. The SMILES string of the molecule is Cc1c(C=O)[nH]c2ccc(Br)cc12. The van der Waals surface area contributed by atoms with Crippen LogP contribution in [-0.2, 0) is 0 Å². The summed E-state index contributed by atoms with van der Waals surface area (Å²) >= 11 is 3.40. The van der Waals surface area contributed by atoms with E-state index in [1.165, 1.54) is 0 Å². The van der Waals surface area contributed by atoms with Gasteiger partial charge in [0.15, 0.2) is 6.29 Å². The third-order valence-corrected chi connectivity index (χ3v) is 2.67. The Morgan fingerprint density at radius 2 is 2.23 bits per heavy atom. The van der Waals surface area contributed by atoms with Crippen molar-refractivity contribution in [1.29, 1.82) is 0 Å². The lowest BCUT2D eigenvalue weighted by Gasteiger charge is -1.91. The van der Waals surface area contributed by atoms with Crippen LogP contribution in [0.15, 0.2) is 22.7 Å². The summed E-state index contributed by atoms with van der Waals surface area (Å²) in [6.45, 7) is 1.94. The van der Waals surface area contributed by atoms with Crippen molar-refractivity contribution in [3.8, 4) is 0 Å². The molecule has 0 unspecified atom stereocenters. The summed E-state index contributed by atoms with van der Waals surface area (Å²) in [5.74, 6) is 0. The van der Waals surface area contributed by atoms with Gasteiger partial charge >= 0.3 is 0 Å². The maximum Gasteiger partial charge on any atom is 0.166 e. The third kappa shape index (κ3) is 1.29. The monoisotopic (exact) mass is 237 g/mol. The molecule has 1 aromatic heterocycles. The Bertz CT molecular complexity index is 473. The van der Waals surface area contributed by atoms with E-state index >= 15 is 0 Å². The van der Waals surface area contributed by atoms with Gasteiger partial charge in [-0.2, -0.15) is 0 Å². The van der Waals surface area contributed by atoms with Crippen molar-refractivity contribution >= 4 is 33.1 Å². The molecule has 0 bridgehead atoms. The van der Waals surface area contributed by atoms with Gasteiger partial charge in [-0.15, -0.1) is 0 Å². The predicted octanol–water partition coefficient (Wildman–Crippen LogP) is 3.05. The molecule has 66 valence electrons. The highest BCUT2D eigenvalue weighted by Crippen LogP contribution is 2.24. The molecule has 2 nitrogen and oxygen atoms in total. The summed E-state index contributed by atoms with van der Waals surface area (Å²) in [5.41, 5.74) is 2.67. The van der Waals surface area contributed by atoms with Gasteiger partial charge in [-0.25, -0.2) is 0 Å². The van der Waals surface area contributed by atoms with Gasteiger partial charge in [0.05, 0.1) is 5.69 Å². The average molecular weight is 238 g/mol. The van der Waals surface area contributed by atoms with Crippen LogP contribution in [0.25, 0.3) is 10.9 Å². The summed E-state index contributed by atoms with van der Waals surface area (Å²) in [4.78, 5) is 13.7. The fraction of sp³-hybridized carbons (Fsp3) is 0.100. The summed E-state index contributed by atoms with van der Waals surface area (Å²) in [5, 5.41) is 1.09. The average Bonchev–Trinajstić information content (AvgIpc) is 2.44. The Hall–Kier alpha value is -1.09. The fourth-order valence-corrected chi connectivity index (χ4v) is 1.80. The maximum absolute atomic E-state index is 10.6. The molecule has 1 aromatic carbocycles. The topological polar surface area (TPSA) is 32.9 Å². The van der Waals surface area contributed by atoms with Crippen LogP contribution in [0, 0.1) is 6.92 Å². The van der Waals surface area contributed by atoms with Crippen LogP contribution in [-0.4, -0.2) is 11.3 Å². The summed E-state index contributed by atoms with van der Waals surface area (Å²) in [6, 6.07) is 5.92. The third-order valence-electron chi connectivity index (χ3n) is 2.18. The van der Waals surface area contributed by atoms with E-state index in [9.17, 15) is 4.79 Å². The second kappa shape index (κ2) is 3.00. The quantitative estimate of drug-likeness (QED) is 0.761. The number of fused-ring (bicyclic) bond motifs is 1. The molecule has 3 heteroatoms. The number of aromatic amines is 1. The van der Waals surface area contributed by atoms with Crippen LogP contribution in [0.1, 0.15) is 16.1 Å². The summed E-state index contributed by atoms with van der Waals surface area (Å²) in [6.07, 6.45) is 0.850. The second-order valence-electron chi connectivity index (χ2n) is 2.97. The molecule has 2 rings (SSSR count). The number of H-pyrrole nitrogens is 1. The molecule has 0 atom stereocenters. The molecule has 0 aliphatic heterocycles. The van der Waals surface area contributed by atoms with Crippen molar-refractivity contribution in [2.24, 2.45) is 0 Å². The van der Waals surface area contributed by atoms with Gasteiger partial charge in [0, 0.05) is 15.4 Å². The number of aromatic nitrogens is 1. The molecule has 0 aliphatic carbocycles. The van der Waals surface area contributed by atoms with Gasteiger partial charge in [0.1, 0.15) is 0 Å². The predicted molar refractivity (Wildman–Crippen MR) is 56.1 cm³/mol. The smallest absolute Gasteiger partial charge is 0.166 e. The fourth-order valence-electron chi connectivity index (χ4n) is 1.44. The summed E-state index contributed by atoms with van der Waals surface area (Å²) in [7, 11) is 0. The van der Waals surface area contributed by atoms with Crippen LogP contribution in [0.3, 0.4) is 0 Å². The van der Waals surface area contributed by atoms with Crippen LogP contribution >= 0.6 is 15.9 Å². The van der Waals surface area contributed by atoms with E-state index in [2.05, 4.69) is 20.9 Å². The highest BCUT2D eigenvalue weighted by Gasteiger charge is 2.05. The van der Waals surface area contributed by atoms with Crippen LogP contribution in [0.5, 0.6) is 0 Å². The highest BCUT2D eigenvalue weighted by atomic mass is 79.9. The Morgan fingerprint density at radius 1 is 1.46 bits per heavy atom. The molecule has 0 saturated carbocycles. The highest BCUT2D eigenvalue weighted by molar-refractivity contribution is 9.10. The Balaban J connectivity index is 2.84. The zero-order valence-corrected chi connectivity index (χ0v) is 8.68. The molecule has 0 radical (unpaired) electrons. The van der Waals surface area contributed by atoms with Crippen molar-refractivity contribution in [3.63, 3.8) is 0 Å². The van der Waals surface area contributed by atoms with Crippen molar-refractivity contribution in [2.45, 2.75) is 6.92 Å². The van der Waals surface area contributed by atoms with E-state index in [1.54, 1.807) is 0 Å². The van der Waals surface area contributed by atoms with E-state index in [4.69, 9.17) is 0 Å². The van der Waals surface area contributed by atoms with Gasteiger partial charge in [0.2, 0.25) is 0 Å². The number of halogens is 1. The van der Waals surface area contributed by atoms with Crippen molar-refractivity contribution in [1.82, 2.24) is 4.98 Å². The Kier molecular flexibility index (Phi) is 1.96. The van der Waals surface area contributed by atoms with E-state index in [-0.39, 0.29) is 0 Å². The Labute approximate surface area is 84.1 Å². The molecule has 1 N–H and O–H groups in total. The Morgan fingerprint density at radius 3 is 2.92 bits per heavy atom. The van der Waals surface area contributed by atoms with E-state index in [0.717, 1.165) is 27.2 Å². The van der Waals surface area contributed by atoms with E-state index in [1.807, 2.05) is 25.1 Å². The number of rotatable bonds is 1. The maximum atomic E-state index is 10.6. The molecule has 0 spiro atoms. The van der Waals surface area contributed by atoms with Gasteiger partial charge in [-0.3, -0.25) is 4.79 Å². The molecule has 13 heavy (non-hydrogen) atoms. The van der Waals surface area contributed by atoms with Crippen LogP contribution in [0.4, 0.5) is 0 Å². The second-order valence-corrected chi connectivity index (χ2v) is 3.89. The van der Waals surface area contributed by atoms with Gasteiger partial charge < -0.3 is 4.98 Å². The largest absolute Gasteiger partial charge is 0.352 e. The van der Waals surface area contributed by atoms with Crippen molar-refractivity contribution in [3.05, 3.63) is 33.9 Å². The first-order valence-corrected chi connectivity index (χ1v) is 4.74. The molecular formula is C10H8BrNO. The number of nitrogens with one attached hydrogen (secondary N) is 1. The molecule has 1 heterocycles. The van der Waals surface area contributed by atoms with Crippen LogP contribution in [0.2, 0.25) is 0 Å².